The molecule has 3 nitrogen and oxygen atoms in total. The number of carbonyl (C=O) groups excluding carboxylic acids is 1. The van der Waals surface area contributed by atoms with Crippen molar-refractivity contribution in [3.63, 3.8) is 0 Å². The molecule has 0 unspecified atom stereocenters. The molecule has 0 aromatic rings. The second-order valence-corrected chi connectivity index (χ2v) is 4.61. The van der Waals surface area contributed by atoms with Gasteiger partial charge in [-0.3, -0.25) is 4.79 Å². The Hall–Kier alpha value is -0.570. The summed E-state index contributed by atoms with van der Waals surface area (Å²) in [7, 11) is 0. The van der Waals surface area contributed by atoms with Gasteiger partial charge in [-0.25, -0.2) is 0 Å². The number of amides is 1. The molecule has 0 spiro atoms. The number of nitrogens with one attached hydrogen (secondary N) is 2. The maximum absolute atomic E-state index is 11.4. The van der Waals surface area contributed by atoms with Gasteiger partial charge in [0.1, 0.15) is 0 Å². The summed E-state index contributed by atoms with van der Waals surface area (Å²) in [5.41, 5.74) is -0.280. The van der Waals surface area contributed by atoms with Crippen LogP contribution in [0.4, 0.5) is 0 Å². The lowest BCUT2D eigenvalue weighted by Gasteiger charge is -2.18. The zero-order chi connectivity index (χ0) is 10.5. The van der Waals surface area contributed by atoms with Crippen molar-refractivity contribution in [3.05, 3.63) is 0 Å². The second kappa shape index (κ2) is 5.22. The van der Waals surface area contributed by atoms with Gasteiger partial charge in [-0.2, -0.15) is 0 Å². The number of hydrogen-bond donors (Lipinski definition) is 2. The van der Waals surface area contributed by atoms with Crippen molar-refractivity contribution < 1.29 is 4.79 Å². The summed E-state index contributed by atoms with van der Waals surface area (Å²) in [4.78, 5) is 11.4. The maximum atomic E-state index is 11.4. The maximum Gasteiger partial charge on any atom is 0.225 e. The molecule has 0 aliphatic carbocycles. The molecular formula is C10H22N2O. The van der Waals surface area contributed by atoms with E-state index in [2.05, 4.69) is 24.5 Å². The first kappa shape index (κ1) is 12.4. The molecule has 1 amide bonds. The van der Waals surface area contributed by atoms with E-state index in [1.807, 2.05) is 20.8 Å². The number of rotatable bonds is 4. The summed E-state index contributed by atoms with van der Waals surface area (Å²) in [6.45, 7) is 11.5. The molecule has 0 saturated carbocycles. The van der Waals surface area contributed by atoms with Crippen LogP contribution in [0.2, 0.25) is 0 Å². The van der Waals surface area contributed by atoms with E-state index in [9.17, 15) is 4.79 Å². The molecule has 0 rings (SSSR count). The van der Waals surface area contributed by atoms with Crippen molar-refractivity contribution in [1.29, 1.82) is 0 Å². The lowest BCUT2D eigenvalue weighted by Crippen LogP contribution is -2.39. The quantitative estimate of drug-likeness (QED) is 0.647. The second-order valence-electron chi connectivity index (χ2n) is 4.61. The summed E-state index contributed by atoms with van der Waals surface area (Å²) < 4.78 is 0. The highest BCUT2D eigenvalue weighted by molar-refractivity contribution is 5.81. The molecule has 0 heterocycles. The van der Waals surface area contributed by atoms with Gasteiger partial charge in [0.2, 0.25) is 5.91 Å². The van der Waals surface area contributed by atoms with Crippen LogP contribution >= 0.6 is 0 Å². The van der Waals surface area contributed by atoms with E-state index in [0.29, 0.717) is 12.6 Å². The molecule has 0 atom stereocenters. The normalized spacial score (nSPS) is 11.8. The van der Waals surface area contributed by atoms with Gasteiger partial charge < -0.3 is 10.6 Å². The molecule has 78 valence electrons. The lowest BCUT2D eigenvalue weighted by atomic mass is 9.96. The Kier molecular flexibility index (Phi) is 4.99. The topological polar surface area (TPSA) is 41.1 Å². The predicted octanol–water partition coefficient (Wildman–Crippen LogP) is 1.15. The monoisotopic (exact) mass is 186 g/mol. The van der Waals surface area contributed by atoms with Crippen LogP contribution in [0.25, 0.3) is 0 Å². The van der Waals surface area contributed by atoms with Crippen LogP contribution < -0.4 is 10.6 Å². The van der Waals surface area contributed by atoms with E-state index in [1.54, 1.807) is 0 Å². The van der Waals surface area contributed by atoms with Gasteiger partial charge in [0.15, 0.2) is 0 Å². The highest BCUT2D eigenvalue weighted by Crippen LogP contribution is 2.11. The van der Waals surface area contributed by atoms with Gasteiger partial charge in [0.05, 0.1) is 0 Å². The number of hydrogen-bond acceptors (Lipinski definition) is 2. The molecule has 3 heteroatoms. The first-order valence-electron chi connectivity index (χ1n) is 4.85. The molecule has 0 aromatic heterocycles. The van der Waals surface area contributed by atoms with Crippen LogP contribution in [-0.2, 0) is 4.79 Å². The largest absolute Gasteiger partial charge is 0.354 e. The minimum absolute atomic E-state index is 0.109. The molecule has 13 heavy (non-hydrogen) atoms. The van der Waals surface area contributed by atoms with E-state index >= 15 is 0 Å². The summed E-state index contributed by atoms with van der Waals surface area (Å²) in [5.74, 6) is 0.109. The Balaban J connectivity index is 3.49. The Morgan fingerprint density at radius 2 is 1.77 bits per heavy atom. The summed E-state index contributed by atoms with van der Waals surface area (Å²) in [6.07, 6.45) is 0. The van der Waals surface area contributed by atoms with Gasteiger partial charge in [-0.05, 0) is 0 Å². The zero-order valence-electron chi connectivity index (χ0n) is 9.40. The molecule has 0 aliphatic heterocycles. The van der Waals surface area contributed by atoms with Crippen LogP contribution in [-0.4, -0.2) is 25.0 Å². The predicted molar refractivity (Wildman–Crippen MR) is 55.6 cm³/mol. The van der Waals surface area contributed by atoms with E-state index in [4.69, 9.17) is 0 Å². The van der Waals surface area contributed by atoms with Crippen LogP contribution in [0.15, 0.2) is 0 Å². The molecule has 0 bridgehead atoms. The third-order valence-corrected chi connectivity index (χ3v) is 1.64. The smallest absolute Gasteiger partial charge is 0.225 e. The van der Waals surface area contributed by atoms with Gasteiger partial charge in [-0.15, -0.1) is 0 Å². The fraction of sp³-hybridized carbons (Fsp3) is 0.900. The molecule has 0 radical (unpaired) electrons. The van der Waals surface area contributed by atoms with Gasteiger partial charge >= 0.3 is 0 Å². The standard InChI is InChI=1S/C10H22N2O/c1-8(2)11-6-7-12-9(13)10(3,4)5/h8,11H,6-7H2,1-5H3,(H,12,13). The highest BCUT2D eigenvalue weighted by Gasteiger charge is 2.19. The van der Waals surface area contributed by atoms with Crippen LogP contribution in [0.3, 0.4) is 0 Å². The average molecular weight is 186 g/mol. The molecule has 0 aliphatic rings. The Labute approximate surface area is 81.3 Å². The van der Waals surface area contributed by atoms with Crippen molar-refractivity contribution >= 4 is 5.91 Å². The van der Waals surface area contributed by atoms with E-state index in [1.165, 1.54) is 0 Å². The molecule has 2 N–H and O–H groups in total. The van der Waals surface area contributed by atoms with E-state index in [0.717, 1.165) is 6.54 Å². The molecular weight excluding hydrogens is 164 g/mol. The van der Waals surface area contributed by atoms with Gasteiger partial charge in [0.25, 0.3) is 0 Å². The fourth-order valence-electron chi connectivity index (χ4n) is 0.802. The van der Waals surface area contributed by atoms with Crippen LogP contribution in [0.1, 0.15) is 34.6 Å². The first-order valence-corrected chi connectivity index (χ1v) is 4.85. The fourth-order valence-corrected chi connectivity index (χ4v) is 0.802. The summed E-state index contributed by atoms with van der Waals surface area (Å²) in [6, 6.07) is 0.478. The van der Waals surface area contributed by atoms with E-state index < -0.39 is 0 Å². The Morgan fingerprint density at radius 1 is 1.23 bits per heavy atom. The highest BCUT2D eigenvalue weighted by atomic mass is 16.2. The molecule has 0 saturated heterocycles. The van der Waals surface area contributed by atoms with Crippen molar-refractivity contribution in [3.8, 4) is 0 Å². The number of carbonyl (C=O) groups is 1. The Morgan fingerprint density at radius 3 is 2.15 bits per heavy atom. The zero-order valence-corrected chi connectivity index (χ0v) is 9.40. The van der Waals surface area contributed by atoms with E-state index in [-0.39, 0.29) is 11.3 Å². The minimum Gasteiger partial charge on any atom is -0.354 e. The van der Waals surface area contributed by atoms with Crippen molar-refractivity contribution in [1.82, 2.24) is 10.6 Å². The van der Waals surface area contributed by atoms with Crippen molar-refractivity contribution in [2.75, 3.05) is 13.1 Å². The Bertz CT molecular complexity index is 159. The molecule has 0 fully saturated rings. The van der Waals surface area contributed by atoms with Crippen molar-refractivity contribution in [2.45, 2.75) is 40.7 Å². The summed E-state index contributed by atoms with van der Waals surface area (Å²) in [5, 5.41) is 6.11. The lowest BCUT2D eigenvalue weighted by molar-refractivity contribution is -0.128. The SMILES string of the molecule is CC(C)NCCNC(=O)C(C)(C)C. The minimum atomic E-state index is -0.280. The molecule has 0 aromatic carbocycles. The first-order chi connectivity index (χ1) is 5.84. The summed E-state index contributed by atoms with van der Waals surface area (Å²) >= 11 is 0. The van der Waals surface area contributed by atoms with Crippen LogP contribution in [0, 0.1) is 5.41 Å². The third kappa shape index (κ3) is 6.58. The average Bonchev–Trinajstić information content (AvgIpc) is 1.95. The third-order valence-electron chi connectivity index (χ3n) is 1.64. The van der Waals surface area contributed by atoms with Gasteiger partial charge in [0, 0.05) is 24.5 Å². The van der Waals surface area contributed by atoms with Crippen molar-refractivity contribution in [2.24, 2.45) is 5.41 Å². The van der Waals surface area contributed by atoms with Gasteiger partial charge in [-0.1, -0.05) is 34.6 Å². The van der Waals surface area contributed by atoms with Crippen LogP contribution in [0.5, 0.6) is 0 Å².